The van der Waals surface area contributed by atoms with Crippen molar-refractivity contribution in [1.29, 1.82) is 0 Å². The summed E-state index contributed by atoms with van der Waals surface area (Å²) < 4.78 is 51.6. The SMILES string of the molecule is COc1ccc(-c2cccc(S(=O)(=O)N(C)CC3CCOCC3)c2)cc1F. The quantitative estimate of drug-likeness (QED) is 0.753. The van der Waals surface area contributed by atoms with Crippen molar-refractivity contribution in [3.63, 3.8) is 0 Å². The molecule has 2 aromatic carbocycles. The van der Waals surface area contributed by atoms with Crippen LogP contribution in [0.3, 0.4) is 0 Å². The number of ether oxygens (including phenoxy) is 2. The largest absolute Gasteiger partial charge is 0.494 e. The summed E-state index contributed by atoms with van der Waals surface area (Å²) in [6.45, 7) is 1.82. The third kappa shape index (κ3) is 4.48. The van der Waals surface area contributed by atoms with Gasteiger partial charge >= 0.3 is 0 Å². The summed E-state index contributed by atoms with van der Waals surface area (Å²) in [4.78, 5) is 0.200. The predicted molar refractivity (Wildman–Crippen MR) is 102 cm³/mol. The lowest BCUT2D eigenvalue weighted by atomic mass is 10.0. The van der Waals surface area contributed by atoms with Crippen molar-refractivity contribution < 1.29 is 22.3 Å². The number of halogens is 1. The fourth-order valence-corrected chi connectivity index (χ4v) is 4.55. The smallest absolute Gasteiger partial charge is 0.242 e. The van der Waals surface area contributed by atoms with Gasteiger partial charge in [0.1, 0.15) is 0 Å². The van der Waals surface area contributed by atoms with Gasteiger partial charge in [0.2, 0.25) is 10.0 Å². The van der Waals surface area contributed by atoms with Gasteiger partial charge in [-0.1, -0.05) is 18.2 Å². The lowest BCUT2D eigenvalue weighted by Gasteiger charge is -2.26. The zero-order valence-corrected chi connectivity index (χ0v) is 16.3. The zero-order chi connectivity index (χ0) is 19.4. The summed E-state index contributed by atoms with van der Waals surface area (Å²) >= 11 is 0. The van der Waals surface area contributed by atoms with Crippen molar-refractivity contribution in [3.8, 4) is 16.9 Å². The minimum absolute atomic E-state index is 0.152. The molecule has 27 heavy (non-hydrogen) atoms. The van der Waals surface area contributed by atoms with Gasteiger partial charge in [-0.05, 0) is 54.2 Å². The Balaban J connectivity index is 1.84. The third-order valence-electron chi connectivity index (χ3n) is 4.88. The first-order chi connectivity index (χ1) is 12.9. The van der Waals surface area contributed by atoms with Gasteiger partial charge in [0.25, 0.3) is 0 Å². The molecule has 0 atom stereocenters. The number of rotatable bonds is 6. The number of nitrogens with zero attached hydrogens (tertiary/aromatic N) is 1. The van der Waals surface area contributed by atoms with E-state index in [9.17, 15) is 12.8 Å². The summed E-state index contributed by atoms with van der Waals surface area (Å²) in [5.41, 5.74) is 1.23. The summed E-state index contributed by atoms with van der Waals surface area (Å²) in [7, 11) is -0.614. The average molecular weight is 393 g/mol. The molecule has 0 radical (unpaired) electrons. The van der Waals surface area contributed by atoms with E-state index in [0.717, 1.165) is 12.8 Å². The maximum Gasteiger partial charge on any atom is 0.242 e. The highest BCUT2D eigenvalue weighted by Gasteiger charge is 2.25. The topological polar surface area (TPSA) is 55.8 Å². The first-order valence-corrected chi connectivity index (χ1v) is 10.3. The Kier molecular flexibility index (Phi) is 6.14. The van der Waals surface area contributed by atoms with E-state index in [1.165, 1.54) is 23.5 Å². The van der Waals surface area contributed by atoms with Crippen LogP contribution in [0.2, 0.25) is 0 Å². The fourth-order valence-electron chi connectivity index (χ4n) is 3.25. The molecular formula is C20H24FNO4S. The highest BCUT2D eigenvalue weighted by Crippen LogP contribution is 2.28. The van der Waals surface area contributed by atoms with Crippen LogP contribution in [0.1, 0.15) is 12.8 Å². The fraction of sp³-hybridized carbons (Fsp3) is 0.400. The van der Waals surface area contributed by atoms with Gasteiger partial charge in [-0.25, -0.2) is 17.1 Å². The molecule has 0 bridgehead atoms. The van der Waals surface area contributed by atoms with E-state index in [0.29, 0.717) is 36.8 Å². The molecule has 1 fully saturated rings. The van der Waals surface area contributed by atoms with Gasteiger partial charge in [-0.2, -0.15) is 0 Å². The molecule has 0 unspecified atom stereocenters. The van der Waals surface area contributed by atoms with Crippen LogP contribution in [0.5, 0.6) is 5.75 Å². The second-order valence-corrected chi connectivity index (χ2v) is 8.76. The number of methoxy groups -OCH3 is 1. The van der Waals surface area contributed by atoms with E-state index in [1.807, 2.05) is 0 Å². The van der Waals surface area contributed by atoms with Gasteiger partial charge in [-0.15, -0.1) is 0 Å². The first-order valence-electron chi connectivity index (χ1n) is 8.90. The molecule has 0 spiro atoms. The number of sulfonamides is 1. The maximum atomic E-state index is 14.0. The van der Waals surface area contributed by atoms with Gasteiger partial charge < -0.3 is 9.47 Å². The van der Waals surface area contributed by atoms with Crippen molar-refractivity contribution in [3.05, 3.63) is 48.3 Å². The van der Waals surface area contributed by atoms with E-state index in [4.69, 9.17) is 9.47 Å². The standard InChI is InChI=1S/C20H24FNO4S/c1-22(14-15-8-10-26-11-9-15)27(23,24)18-5-3-4-16(12-18)17-6-7-20(25-2)19(21)13-17/h3-7,12-13,15H,8-11,14H2,1-2H3. The van der Waals surface area contributed by atoms with E-state index >= 15 is 0 Å². The average Bonchev–Trinajstić information content (AvgIpc) is 2.68. The molecule has 0 aromatic heterocycles. The molecule has 0 aliphatic carbocycles. The minimum Gasteiger partial charge on any atom is -0.494 e. The Bertz CT molecular complexity index is 895. The molecule has 0 saturated carbocycles. The van der Waals surface area contributed by atoms with Gasteiger partial charge in [0, 0.05) is 26.8 Å². The van der Waals surface area contributed by atoms with E-state index in [1.54, 1.807) is 37.4 Å². The van der Waals surface area contributed by atoms with Crippen LogP contribution in [0.4, 0.5) is 4.39 Å². The second-order valence-electron chi connectivity index (χ2n) is 6.72. The van der Waals surface area contributed by atoms with Crippen LogP contribution < -0.4 is 4.74 Å². The molecule has 0 amide bonds. The summed E-state index contributed by atoms with van der Waals surface area (Å²) in [6, 6.07) is 11.2. The molecule has 7 heteroatoms. The zero-order valence-electron chi connectivity index (χ0n) is 15.5. The molecule has 1 saturated heterocycles. The van der Waals surface area contributed by atoms with Crippen LogP contribution in [-0.4, -0.2) is 46.6 Å². The summed E-state index contributed by atoms with van der Waals surface area (Å²) in [6.07, 6.45) is 1.73. The normalized spacial score (nSPS) is 15.9. The maximum absolute atomic E-state index is 14.0. The lowest BCUT2D eigenvalue weighted by molar-refractivity contribution is 0.0620. The number of benzene rings is 2. The number of hydrogen-bond donors (Lipinski definition) is 0. The molecule has 1 aliphatic heterocycles. The Morgan fingerprint density at radius 2 is 1.85 bits per heavy atom. The van der Waals surface area contributed by atoms with Crippen molar-refractivity contribution in [1.82, 2.24) is 4.31 Å². The first kappa shape index (κ1) is 19.8. The molecule has 1 aliphatic rings. The Hall–Kier alpha value is -1.96. The molecule has 5 nitrogen and oxygen atoms in total. The molecule has 3 rings (SSSR count). The molecule has 146 valence electrons. The molecule has 1 heterocycles. The van der Waals surface area contributed by atoms with E-state index in [-0.39, 0.29) is 10.6 Å². The van der Waals surface area contributed by atoms with Crippen LogP contribution in [0.25, 0.3) is 11.1 Å². The third-order valence-corrected chi connectivity index (χ3v) is 6.70. The summed E-state index contributed by atoms with van der Waals surface area (Å²) in [5.74, 6) is -0.0315. The van der Waals surface area contributed by atoms with E-state index < -0.39 is 15.8 Å². The monoisotopic (exact) mass is 393 g/mol. The van der Waals surface area contributed by atoms with Crippen molar-refractivity contribution in [2.24, 2.45) is 5.92 Å². The highest BCUT2D eigenvalue weighted by molar-refractivity contribution is 7.89. The van der Waals surface area contributed by atoms with Crippen molar-refractivity contribution >= 4 is 10.0 Å². The Morgan fingerprint density at radius 1 is 1.15 bits per heavy atom. The van der Waals surface area contributed by atoms with Crippen LogP contribution in [0, 0.1) is 11.7 Å². The van der Waals surface area contributed by atoms with Gasteiger partial charge in [0.05, 0.1) is 12.0 Å². The lowest BCUT2D eigenvalue weighted by Crippen LogP contribution is -2.34. The predicted octanol–water partition coefficient (Wildman–Crippen LogP) is 3.55. The van der Waals surface area contributed by atoms with Crippen LogP contribution in [0.15, 0.2) is 47.4 Å². The van der Waals surface area contributed by atoms with Crippen molar-refractivity contribution in [2.75, 3.05) is 33.9 Å². The molecule has 0 N–H and O–H groups in total. The van der Waals surface area contributed by atoms with Crippen LogP contribution in [-0.2, 0) is 14.8 Å². The minimum atomic E-state index is -3.62. The second kappa shape index (κ2) is 8.37. The van der Waals surface area contributed by atoms with E-state index in [2.05, 4.69) is 0 Å². The Labute approximate surface area is 159 Å². The van der Waals surface area contributed by atoms with Gasteiger partial charge in [-0.3, -0.25) is 0 Å². The van der Waals surface area contributed by atoms with Gasteiger partial charge in [0.15, 0.2) is 11.6 Å². The van der Waals surface area contributed by atoms with Crippen LogP contribution >= 0.6 is 0 Å². The molecule has 2 aromatic rings. The van der Waals surface area contributed by atoms with Crippen molar-refractivity contribution in [2.45, 2.75) is 17.7 Å². The Morgan fingerprint density at radius 3 is 2.52 bits per heavy atom. The highest BCUT2D eigenvalue weighted by atomic mass is 32.2. The summed E-state index contributed by atoms with van der Waals surface area (Å²) in [5, 5.41) is 0. The number of hydrogen-bond acceptors (Lipinski definition) is 4. The molecular weight excluding hydrogens is 369 g/mol.